The van der Waals surface area contributed by atoms with E-state index in [0.717, 1.165) is 23.6 Å². The number of aryl methyl sites for hydroxylation is 1. The number of amides is 2. The second-order valence-electron chi connectivity index (χ2n) is 5.48. The first-order valence-electron chi connectivity index (χ1n) is 7.32. The van der Waals surface area contributed by atoms with Gasteiger partial charge in [-0.2, -0.15) is 0 Å². The number of hydrogen-bond acceptors (Lipinski definition) is 3. The Morgan fingerprint density at radius 3 is 2.82 bits per heavy atom. The van der Waals surface area contributed by atoms with E-state index in [1.54, 1.807) is 12.0 Å². The fourth-order valence-corrected chi connectivity index (χ4v) is 2.58. The lowest BCUT2D eigenvalue weighted by Gasteiger charge is -2.29. The lowest BCUT2D eigenvalue weighted by Crippen LogP contribution is -2.40. The number of fused-ring (bicyclic) bond motifs is 1. The number of rotatable bonds is 3. The van der Waals surface area contributed by atoms with Crippen LogP contribution in [-0.4, -0.2) is 34.1 Å². The van der Waals surface area contributed by atoms with Crippen LogP contribution in [0.4, 0.5) is 10.5 Å². The Morgan fingerprint density at radius 2 is 2.09 bits per heavy atom. The Bertz CT molecular complexity index is 663. The molecule has 0 atom stereocenters. The number of carbonyl (C=O) groups excluding carboxylic acids is 1. The first kappa shape index (κ1) is 14.6. The fraction of sp³-hybridized carbons (Fsp3) is 0.375. The Labute approximate surface area is 129 Å². The molecule has 0 radical (unpaired) electrons. The van der Waals surface area contributed by atoms with Gasteiger partial charge < -0.3 is 19.5 Å². The van der Waals surface area contributed by atoms with E-state index in [1.165, 1.54) is 5.56 Å². The van der Waals surface area contributed by atoms with Crippen molar-refractivity contribution in [3.63, 3.8) is 0 Å². The van der Waals surface area contributed by atoms with E-state index in [1.807, 2.05) is 37.5 Å². The minimum atomic E-state index is -0.0836. The molecule has 2 amide bonds. The largest absolute Gasteiger partial charge is 0.378 e. The van der Waals surface area contributed by atoms with Gasteiger partial charge >= 0.3 is 6.03 Å². The summed E-state index contributed by atoms with van der Waals surface area (Å²) >= 11 is 0. The number of nitrogens with one attached hydrogen (secondary N) is 1. The predicted octanol–water partition coefficient (Wildman–Crippen LogP) is 2.39. The predicted molar refractivity (Wildman–Crippen MR) is 83.5 cm³/mol. The minimum absolute atomic E-state index is 0.0836. The molecule has 6 heteroatoms. The molecule has 1 aromatic carbocycles. The number of hydrogen-bond donors (Lipinski definition) is 1. The van der Waals surface area contributed by atoms with Crippen molar-refractivity contribution in [1.82, 2.24) is 14.5 Å². The van der Waals surface area contributed by atoms with Gasteiger partial charge in [-0.3, -0.25) is 0 Å². The van der Waals surface area contributed by atoms with Gasteiger partial charge in [-0.15, -0.1) is 0 Å². The molecule has 116 valence electrons. The molecule has 0 saturated carbocycles. The average molecular weight is 300 g/mol. The van der Waals surface area contributed by atoms with Crippen molar-refractivity contribution in [3.05, 3.63) is 47.5 Å². The molecule has 22 heavy (non-hydrogen) atoms. The van der Waals surface area contributed by atoms with Crippen molar-refractivity contribution >= 4 is 11.7 Å². The summed E-state index contributed by atoms with van der Waals surface area (Å²) in [7, 11) is 1.65. The van der Waals surface area contributed by atoms with E-state index in [9.17, 15) is 4.79 Å². The molecule has 3 rings (SSSR count). The summed E-state index contributed by atoms with van der Waals surface area (Å²) in [4.78, 5) is 18.6. The molecule has 0 fully saturated rings. The third-order valence-corrected chi connectivity index (χ3v) is 3.86. The number of aromatic nitrogens is 2. The van der Waals surface area contributed by atoms with Gasteiger partial charge in [0.25, 0.3) is 0 Å². The molecule has 0 spiro atoms. The van der Waals surface area contributed by atoms with Crippen LogP contribution < -0.4 is 5.32 Å². The van der Waals surface area contributed by atoms with Crippen LogP contribution in [0.1, 0.15) is 17.0 Å². The van der Waals surface area contributed by atoms with Crippen LogP contribution in [0.5, 0.6) is 0 Å². The molecule has 6 nitrogen and oxygen atoms in total. The zero-order valence-corrected chi connectivity index (χ0v) is 12.9. The van der Waals surface area contributed by atoms with Crippen molar-refractivity contribution in [2.75, 3.05) is 19.0 Å². The maximum absolute atomic E-state index is 12.4. The van der Waals surface area contributed by atoms with Gasteiger partial charge in [0.15, 0.2) is 0 Å². The maximum Gasteiger partial charge on any atom is 0.322 e. The average Bonchev–Trinajstić information content (AvgIpc) is 2.92. The van der Waals surface area contributed by atoms with Crippen LogP contribution in [0, 0.1) is 6.92 Å². The van der Waals surface area contributed by atoms with E-state index < -0.39 is 0 Å². The Kier molecular flexibility index (Phi) is 4.11. The summed E-state index contributed by atoms with van der Waals surface area (Å²) in [5.41, 5.74) is 3.93. The highest BCUT2D eigenvalue weighted by molar-refractivity contribution is 5.89. The van der Waals surface area contributed by atoms with Gasteiger partial charge in [0.1, 0.15) is 0 Å². The van der Waals surface area contributed by atoms with Crippen molar-refractivity contribution in [2.45, 2.75) is 26.6 Å². The summed E-state index contributed by atoms with van der Waals surface area (Å²) in [6.45, 7) is 4.47. The van der Waals surface area contributed by atoms with Crippen molar-refractivity contribution < 1.29 is 9.53 Å². The quantitative estimate of drug-likeness (QED) is 0.947. The smallest absolute Gasteiger partial charge is 0.322 e. The monoisotopic (exact) mass is 300 g/mol. The zero-order chi connectivity index (χ0) is 15.5. The summed E-state index contributed by atoms with van der Waals surface area (Å²) in [5, 5.41) is 2.94. The van der Waals surface area contributed by atoms with Crippen molar-refractivity contribution in [3.8, 4) is 0 Å². The van der Waals surface area contributed by atoms with Gasteiger partial charge in [0.2, 0.25) is 0 Å². The minimum Gasteiger partial charge on any atom is -0.378 e. The summed E-state index contributed by atoms with van der Waals surface area (Å²) in [5.74, 6) is 0. The van der Waals surface area contributed by atoms with Crippen LogP contribution in [0.25, 0.3) is 0 Å². The molecule has 1 N–H and O–H groups in total. The molecule has 1 aromatic heterocycles. The Balaban J connectivity index is 1.69. The van der Waals surface area contributed by atoms with E-state index >= 15 is 0 Å². The normalized spacial score (nSPS) is 13.8. The van der Waals surface area contributed by atoms with E-state index in [0.29, 0.717) is 19.7 Å². The van der Waals surface area contributed by atoms with Gasteiger partial charge in [-0.1, -0.05) is 17.7 Å². The highest BCUT2D eigenvalue weighted by atomic mass is 16.5. The zero-order valence-electron chi connectivity index (χ0n) is 12.9. The van der Waals surface area contributed by atoms with Gasteiger partial charge in [0, 0.05) is 25.9 Å². The standard InChI is InChI=1S/C16H20N4O2/c1-12-3-5-13(6-4-12)18-16(21)19-7-8-20-11-17-14(10-22-2)15(20)9-19/h3-6,11H,7-10H2,1-2H3,(H,18,21). The maximum atomic E-state index is 12.4. The molecule has 0 aliphatic carbocycles. The van der Waals surface area contributed by atoms with Crippen molar-refractivity contribution in [1.29, 1.82) is 0 Å². The molecule has 2 heterocycles. The highest BCUT2D eigenvalue weighted by Gasteiger charge is 2.23. The van der Waals surface area contributed by atoms with Crippen LogP contribution in [0.2, 0.25) is 0 Å². The Morgan fingerprint density at radius 1 is 1.32 bits per heavy atom. The molecule has 0 unspecified atom stereocenters. The highest BCUT2D eigenvalue weighted by Crippen LogP contribution is 2.18. The van der Waals surface area contributed by atoms with Crippen LogP contribution in [-0.2, 0) is 24.4 Å². The van der Waals surface area contributed by atoms with E-state index in [2.05, 4.69) is 14.9 Å². The summed E-state index contributed by atoms with van der Waals surface area (Å²) in [6, 6.07) is 7.71. The molecule has 2 aromatic rings. The first-order chi connectivity index (χ1) is 10.7. The number of methoxy groups -OCH3 is 1. The van der Waals surface area contributed by atoms with Crippen LogP contribution in [0.3, 0.4) is 0 Å². The SMILES string of the molecule is COCc1ncn2c1CN(C(=O)Nc1ccc(C)cc1)CC2. The number of nitrogens with zero attached hydrogens (tertiary/aromatic N) is 3. The lowest BCUT2D eigenvalue weighted by molar-refractivity contribution is 0.175. The van der Waals surface area contributed by atoms with Crippen LogP contribution in [0.15, 0.2) is 30.6 Å². The number of anilines is 1. The van der Waals surface area contributed by atoms with E-state index in [-0.39, 0.29) is 6.03 Å². The summed E-state index contributed by atoms with van der Waals surface area (Å²) < 4.78 is 7.25. The Hall–Kier alpha value is -2.34. The van der Waals surface area contributed by atoms with E-state index in [4.69, 9.17) is 4.74 Å². The second kappa shape index (κ2) is 6.19. The van der Waals surface area contributed by atoms with Gasteiger partial charge in [0.05, 0.1) is 30.9 Å². The first-order valence-corrected chi connectivity index (χ1v) is 7.32. The number of imidazole rings is 1. The van der Waals surface area contributed by atoms with Crippen molar-refractivity contribution in [2.24, 2.45) is 0 Å². The number of carbonyl (C=O) groups is 1. The molecule has 1 aliphatic rings. The molecule has 0 saturated heterocycles. The third kappa shape index (κ3) is 2.96. The van der Waals surface area contributed by atoms with Gasteiger partial charge in [-0.05, 0) is 19.1 Å². The molecule has 0 bridgehead atoms. The molecular formula is C16H20N4O2. The third-order valence-electron chi connectivity index (χ3n) is 3.86. The topological polar surface area (TPSA) is 59.4 Å². The van der Waals surface area contributed by atoms with Crippen LogP contribution >= 0.6 is 0 Å². The summed E-state index contributed by atoms with van der Waals surface area (Å²) in [6.07, 6.45) is 1.82. The molecular weight excluding hydrogens is 280 g/mol. The number of benzene rings is 1. The second-order valence-corrected chi connectivity index (χ2v) is 5.48. The lowest BCUT2D eigenvalue weighted by atomic mass is 10.2. The number of urea groups is 1. The van der Waals surface area contributed by atoms with Gasteiger partial charge in [-0.25, -0.2) is 9.78 Å². The fourth-order valence-electron chi connectivity index (χ4n) is 2.58. The molecule has 1 aliphatic heterocycles. The number of ether oxygens (including phenoxy) is 1.